The Labute approximate surface area is 117 Å². The van der Waals surface area contributed by atoms with Crippen molar-refractivity contribution in [1.29, 1.82) is 0 Å². The Hall–Kier alpha value is -1.52. The van der Waals surface area contributed by atoms with Gasteiger partial charge in [-0.1, -0.05) is 6.08 Å². The molecule has 0 rings (SSSR count). The van der Waals surface area contributed by atoms with Crippen LogP contribution in [-0.2, 0) is 4.79 Å². The number of hydrogen-bond acceptors (Lipinski definition) is 2. The second-order valence-corrected chi connectivity index (χ2v) is 4.80. The lowest BCUT2D eigenvalue weighted by Crippen LogP contribution is -2.41. The second kappa shape index (κ2) is 10.4. The van der Waals surface area contributed by atoms with Crippen LogP contribution in [0.2, 0.25) is 0 Å². The fourth-order valence-electron chi connectivity index (χ4n) is 1.65. The molecule has 0 aliphatic heterocycles. The third-order valence-corrected chi connectivity index (χ3v) is 2.56. The SMILES string of the molecule is C=CCCCN(C)C(=NC)NCCC(=O)NC(C)C. The Bertz CT molecular complexity index is 300. The van der Waals surface area contributed by atoms with Crippen LogP contribution in [0.1, 0.15) is 33.1 Å². The van der Waals surface area contributed by atoms with E-state index in [1.807, 2.05) is 27.0 Å². The molecule has 1 amide bonds. The van der Waals surface area contributed by atoms with Crippen molar-refractivity contribution < 1.29 is 4.79 Å². The van der Waals surface area contributed by atoms with Gasteiger partial charge in [-0.2, -0.15) is 0 Å². The number of guanidine groups is 1. The lowest BCUT2D eigenvalue weighted by atomic mass is 10.3. The van der Waals surface area contributed by atoms with Crippen molar-refractivity contribution in [2.24, 2.45) is 4.99 Å². The Morgan fingerprint density at radius 2 is 2.16 bits per heavy atom. The number of nitrogens with one attached hydrogen (secondary N) is 2. The van der Waals surface area contributed by atoms with Gasteiger partial charge in [0, 0.05) is 39.6 Å². The van der Waals surface area contributed by atoms with Gasteiger partial charge in [0.2, 0.25) is 5.91 Å². The van der Waals surface area contributed by atoms with Gasteiger partial charge >= 0.3 is 0 Å². The normalized spacial score (nSPS) is 11.3. The minimum Gasteiger partial charge on any atom is -0.356 e. The van der Waals surface area contributed by atoms with E-state index >= 15 is 0 Å². The largest absolute Gasteiger partial charge is 0.356 e. The van der Waals surface area contributed by atoms with Gasteiger partial charge in [0.25, 0.3) is 0 Å². The maximum Gasteiger partial charge on any atom is 0.221 e. The first-order valence-corrected chi connectivity index (χ1v) is 6.83. The minimum atomic E-state index is 0.0623. The van der Waals surface area contributed by atoms with E-state index in [9.17, 15) is 4.79 Å². The summed E-state index contributed by atoms with van der Waals surface area (Å²) in [5.41, 5.74) is 0. The van der Waals surface area contributed by atoms with E-state index in [2.05, 4.69) is 27.1 Å². The lowest BCUT2D eigenvalue weighted by molar-refractivity contribution is -0.121. The minimum absolute atomic E-state index is 0.0623. The highest BCUT2D eigenvalue weighted by Crippen LogP contribution is 1.94. The van der Waals surface area contributed by atoms with Gasteiger partial charge in [0.05, 0.1) is 0 Å². The number of unbranched alkanes of at least 4 members (excludes halogenated alkanes) is 1. The molecule has 0 heterocycles. The fraction of sp³-hybridized carbons (Fsp3) is 0.714. The van der Waals surface area contributed by atoms with Gasteiger partial charge in [-0.25, -0.2) is 0 Å². The summed E-state index contributed by atoms with van der Waals surface area (Å²) in [7, 11) is 3.74. The van der Waals surface area contributed by atoms with E-state index in [0.717, 1.165) is 25.3 Å². The number of hydrogen-bond donors (Lipinski definition) is 2. The van der Waals surface area contributed by atoms with E-state index in [1.165, 1.54) is 0 Å². The monoisotopic (exact) mass is 268 g/mol. The van der Waals surface area contributed by atoms with Gasteiger partial charge in [-0.05, 0) is 26.7 Å². The fourth-order valence-corrected chi connectivity index (χ4v) is 1.65. The van der Waals surface area contributed by atoms with Crippen LogP contribution in [0.4, 0.5) is 0 Å². The average molecular weight is 268 g/mol. The van der Waals surface area contributed by atoms with Crippen LogP contribution in [0.25, 0.3) is 0 Å². The molecule has 0 aromatic heterocycles. The van der Waals surface area contributed by atoms with Crippen molar-refractivity contribution in [2.45, 2.75) is 39.2 Å². The molecule has 0 radical (unpaired) electrons. The van der Waals surface area contributed by atoms with Crippen LogP contribution in [0.5, 0.6) is 0 Å². The van der Waals surface area contributed by atoms with Crippen molar-refractivity contribution in [3.8, 4) is 0 Å². The van der Waals surface area contributed by atoms with Crippen molar-refractivity contribution >= 4 is 11.9 Å². The van der Waals surface area contributed by atoms with Gasteiger partial charge < -0.3 is 15.5 Å². The molecule has 0 aliphatic carbocycles. The van der Waals surface area contributed by atoms with Crippen LogP contribution in [0.3, 0.4) is 0 Å². The van der Waals surface area contributed by atoms with E-state index in [4.69, 9.17) is 0 Å². The molecule has 0 saturated heterocycles. The molecular weight excluding hydrogens is 240 g/mol. The van der Waals surface area contributed by atoms with E-state index in [0.29, 0.717) is 13.0 Å². The van der Waals surface area contributed by atoms with Gasteiger partial charge in [0.1, 0.15) is 0 Å². The van der Waals surface area contributed by atoms with E-state index in [-0.39, 0.29) is 11.9 Å². The summed E-state index contributed by atoms with van der Waals surface area (Å²) in [4.78, 5) is 17.7. The molecular formula is C14H28N4O. The molecule has 0 saturated carbocycles. The molecule has 0 aromatic rings. The number of rotatable bonds is 8. The molecule has 2 N–H and O–H groups in total. The standard InChI is InChI=1S/C14H28N4O/c1-6-7-8-11-18(5)14(15-4)16-10-9-13(19)17-12(2)3/h6,12H,1,7-11H2,2-5H3,(H,15,16)(H,17,19). The van der Waals surface area contributed by atoms with Crippen LogP contribution >= 0.6 is 0 Å². The molecule has 5 nitrogen and oxygen atoms in total. The maximum atomic E-state index is 11.5. The van der Waals surface area contributed by atoms with Crippen molar-refractivity contribution in [1.82, 2.24) is 15.5 Å². The first-order valence-electron chi connectivity index (χ1n) is 6.83. The lowest BCUT2D eigenvalue weighted by Gasteiger charge is -2.21. The van der Waals surface area contributed by atoms with Crippen molar-refractivity contribution in [2.75, 3.05) is 27.2 Å². The number of amides is 1. The number of aliphatic imine (C=N–C) groups is 1. The third-order valence-electron chi connectivity index (χ3n) is 2.56. The quantitative estimate of drug-likeness (QED) is 0.303. The van der Waals surface area contributed by atoms with Crippen molar-refractivity contribution in [3.05, 3.63) is 12.7 Å². The predicted octanol–water partition coefficient (Wildman–Crippen LogP) is 1.37. The topological polar surface area (TPSA) is 56.7 Å². The first kappa shape index (κ1) is 17.5. The van der Waals surface area contributed by atoms with E-state index in [1.54, 1.807) is 7.05 Å². The summed E-state index contributed by atoms with van der Waals surface area (Å²) in [5.74, 6) is 0.883. The molecule has 0 unspecified atom stereocenters. The Morgan fingerprint density at radius 1 is 1.47 bits per heavy atom. The molecule has 0 aliphatic rings. The number of carbonyl (C=O) groups excluding carboxylic acids is 1. The second-order valence-electron chi connectivity index (χ2n) is 4.80. The molecule has 5 heteroatoms. The molecule has 19 heavy (non-hydrogen) atoms. The van der Waals surface area contributed by atoms with Crippen LogP contribution in [0, 0.1) is 0 Å². The maximum absolute atomic E-state index is 11.5. The smallest absolute Gasteiger partial charge is 0.221 e. The Morgan fingerprint density at radius 3 is 2.68 bits per heavy atom. The van der Waals surface area contributed by atoms with Crippen LogP contribution < -0.4 is 10.6 Å². The number of nitrogens with zero attached hydrogens (tertiary/aromatic N) is 2. The van der Waals surface area contributed by atoms with Gasteiger partial charge in [-0.15, -0.1) is 6.58 Å². The zero-order chi connectivity index (χ0) is 14.7. The molecule has 0 atom stereocenters. The summed E-state index contributed by atoms with van der Waals surface area (Å²) >= 11 is 0. The first-order chi connectivity index (χ1) is 9.01. The van der Waals surface area contributed by atoms with E-state index < -0.39 is 0 Å². The Balaban J connectivity index is 3.93. The molecule has 0 aromatic carbocycles. The molecule has 110 valence electrons. The van der Waals surface area contributed by atoms with Gasteiger partial charge in [0.15, 0.2) is 5.96 Å². The zero-order valence-corrected chi connectivity index (χ0v) is 12.7. The van der Waals surface area contributed by atoms with Crippen LogP contribution in [0.15, 0.2) is 17.6 Å². The van der Waals surface area contributed by atoms with Gasteiger partial charge in [-0.3, -0.25) is 9.79 Å². The summed E-state index contributed by atoms with van der Waals surface area (Å²) < 4.78 is 0. The van der Waals surface area contributed by atoms with Crippen molar-refractivity contribution in [3.63, 3.8) is 0 Å². The molecule has 0 bridgehead atoms. The molecule has 0 spiro atoms. The zero-order valence-electron chi connectivity index (χ0n) is 12.7. The highest BCUT2D eigenvalue weighted by molar-refractivity contribution is 5.81. The Kier molecular flexibility index (Phi) is 9.57. The number of allylic oxidation sites excluding steroid dienone is 1. The highest BCUT2D eigenvalue weighted by Gasteiger charge is 2.06. The average Bonchev–Trinajstić information content (AvgIpc) is 2.33. The number of carbonyl (C=O) groups is 1. The third kappa shape index (κ3) is 9.11. The summed E-state index contributed by atoms with van der Waals surface area (Å²) in [6.07, 6.45) is 4.42. The molecule has 0 fully saturated rings. The highest BCUT2D eigenvalue weighted by atomic mass is 16.1. The summed E-state index contributed by atoms with van der Waals surface area (Å²) in [5, 5.41) is 6.05. The summed E-state index contributed by atoms with van der Waals surface area (Å²) in [6, 6.07) is 0.188. The predicted molar refractivity (Wildman–Crippen MR) is 81.3 cm³/mol. The summed E-state index contributed by atoms with van der Waals surface area (Å²) in [6.45, 7) is 9.13. The van der Waals surface area contributed by atoms with Crippen LogP contribution in [-0.4, -0.2) is 50.0 Å².